The first-order valence-corrected chi connectivity index (χ1v) is 6.24. The van der Waals surface area contributed by atoms with E-state index < -0.39 is 35.3 Å². The van der Waals surface area contributed by atoms with Crippen LogP contribution in [0.3, 0.4) is 0 Å². The van der Waals surface area contributed by atoms with Gasteiger partial charge in [-0.3, -0.25) is 4.79 Å². The van der Waals surface area contributed by atoms with Gasteiger partial charge in [-0.25, -0.2) is 17.6 Å². The van der Waals surface area contributed by atoms with Crippen LogP contribution in [0.2, 0.25) is 0 Å². The lowest BCUT2D eigenvalue weighted by Gasteiger charge is -2.15. The molecule has 1 unspecified atom stereocenters. The minimum absolute atomic E-state index is 0.0545. The van der Waals surface area contributed by atoms with E-state index in [-0.39, 0.29) is 11.4 Å². The fourth-order valence-electron chi connectivity index (χ4n) is 1.63. The highest BCUT2D eigenvalue weighted by atomic mass is 19.2. The third-order valence-corrected chi connectivity index (χ3v) is 2.76. The summed E-state index contributed by atoms with van der Waals surface area (Å²) in [5.74, 6) is -4.65. The number of halogens is 4. The van der Waals surface area contributed by atoms with Gasteiger partial charge in [0, 0.05) is 12.1 Å². The SMILES string of the molecule is CC(Oc1ccc(F)c(F)c1)C(=O)Nc1ccc(F)cc1F. The molecule has 1 N–H and O–H groups in total. The number of hydrogen-bond donors (Lipinski definition) is 1. The van der Waals surface area contributed by atoms with Crippen molar-refractivity contribution in [1.82, 2.24) is 0 Å². The Balaban J connectivity index is 2.04. The minimum atomic E-state index is -1.12. The third kappa shape index (κ3) is 3.75. The maximum absolute atomic E-state index is 13.4. The number of benzene rings is 2. The van der Waals surface area contributed by atoms with Gasteiger partial charge in [-0.05, 0) is 31.2 Å². The van der Waals surface area contributed by atoms with E-state index in [1.54, 1.807) is 0 Å². The molecule has 2 aromatic carbocycles. The van der Waals surface area contributed by atoms with Gasteiger partial charge in [0.15, 0.2) is 17.7 Å². The van der Waals surface area contributed by atoms with Crippen molar-refractivity contribution in [3.05, 3.63) is 59.7 Å². The van der Waals surface area contributed by atoms with Crippen LogP contribution in [-0.4, -0.2) is 12.0 Å². The van der Waals surface area contributed by atoms with E-state index in [2.05, 4.69) is 5.32 Å². The summed E-state index contributed by atoms with van der Waals surface area (Å²) < 4.78 is 57.1. The van der Waals surface area contributed by atoms with E-state index in [1.807, 2.05) is 0 Å². The van der Waals surface area contributed by atoms with Gasteiger partial charge in [0.1, 0.15) is 17.4 Å². The van der Waals surface area contributed by atoms with Crippen molar-refractivity contribution in [3.8, 4) is 5.75 Å². The standard InChI is InChI=1S/C15H11F4NO2/c1-8(22-10-3-4-11(17)12(18)7-10)15(21)20-14-5-2-9(16)6-13(14)19/h2-8H,1H3,(H,20,21). The first-order chi connectivity index (χ1) is 10.4. The lowest BCUT2D eigenvalue weighted by atomic mass is 10.2. The second-order valence-corrected chi connectivity index (χ2v) is 4.45. The van der Waals surface area contributed by atoms with Crippen molar-refractivity contribution in [2.24, 2.45) is 0 Å². The predicted molar refractivity (Wildman–Crippen MR) is 71.4 cm³/mol. The summed E-state index contributed by atoms with van der Waals surface area (Å²) in [6.45, 7) is 1.35. The number of carbonyl (C=O) groups excluding carboxylic acids is 1. The molecule has 0 saturated heterocycles. The van der Waals surface area contributed by atoms with Crippen molar-refractivity contribution in [2.75, 3.05) is 5.32 Å². The zero-order chi connectivity index (χ0) is 16.3. The molecule has 0 aliphatic rings. The number of amides is 1. The molecule has 0 aromatic heterocycles. The van der Waals surface area contributed by atoms with Crippen LogP contribution in [0.1, 0.15) is 6.92 Å². The summed E-state index contributed by atoms with van der Waals surface area (Å²) in [6, 6.07) is 5.47. The van der Waals surface area contributed by atoms with Crippen LogP contribution in [0, 0.1) is 23.3 Å². The Labute approximate surface area is 123 Å². The highest BCUT2D eigenvalue weighted by Gasteiger charge is 2.17. The second-order valence-electron chi connectivity index (χ2n) is 4.45. The van der Waals surface area contributed by atoms with Crippen LogP contribution in [0.25, 0.3) is 0 Å². The van der Waals surface area contributed by atoms with Gasteiger partial charge in [-0.2, -0.15) is 0 Å². The van der Waals surface area contributed by atoms with Gasteiger partial charge < -0.3 is 10.1 Å². The quantitative estimate of drug-likeness (QED) is 0.875. The van der Waals surface area contributed by atoms with Crippen molar-refractivity contribution >= 4 is 11.6 Å². The maximum atomic E-state index is 13.4. The summed E-state index contributed by atoms with van der Waals surface area (Å²) in [6.07, 6.45) is -1.10. The molecule has 2 rings (SSSR count). The van der Waals surface area contributed by atoms with E-state index in [4.69, 9.17) is 4.74 Å². The Morgan fingerprint density at radius 3 is 2.36 bits per heavy atom. The van der Waals surface area contributed by atoms with Crippen LogP contribution in [0.15, 0.2) is 36.4 Å². The normalized spacial score (nSPS) is 11.9. The Kier molecular flexibility index (Phi) is 4.65. The number of ether oxygens (including phenoxy) is 1. The van der Waals surface area contributed by atoms with Crippen molar-refractivity contribution in [2.45, 2.75) is 13.0 Å². The molecular weight excluding hydrogens is 302 g/mol. The molecule has 22 heavy (non-hydrogen) atoms. The van der Waals surface area contributed by atoms with Gasteiger partial charge in [0.05, 0.1) is 5.69 Å². The monoisotopic (exact) mass is 313 g/mol. The van der Waals surface area contributed by atoms with E-state index in [9.17, 15) is 22.4 Å². The molecule has 0 bridgehead atoms. The Hall–Kier alpha value is -2.57. The highest BCUT2D eigenvalue weighted by Crippen LogP contribution is 2.18. The molecule has 0 heterocycles. The van der Waals surface area contributed by atoms with E-state index in [1.165, 1.54) is 6.92 Å². The van der Waals surface area contributed by atoms with Crippen molar-refractivity contribution < 1.29 is 27.1 Å². The molecule has 0 radical (unpaired) electrons. The number of anilines is 1. The lowest BCUT2D eigenvalue weighted by Crippen LogP contribution is -2.30. The Morgan fingerprint density at radius 1 is 1.00 bits per heavy atom. The molecule has 0 fully saturated rings. The average Bonchev–Trinajstić information content (AvgIpc) is 2.45. The zero-order valence-electron chi connectivity index (χ0n) is 11.4. The molecule has 0 aliphatic heterocycles. The smallest absolute Gasteiger partial charge is 0.265 e. The lowest BCUT2D eigenvalue weighted by molar-refractivity contribution is -0.122. The van der Waals surface area contributed by atoms with Gasteiger partial charge >= 0.3 is 0 Å². The van der Waals surface area contributed by atoms with Gasteiger partial charge in [0.2, 0.25) is 0 Å². The third-order valence-electron chi connectivity index (χ3n) is 2.76. The van der Waals surface area contributed by atoms with Crippen LogP contribution < -0.4 is 10.1 Å². The zero-order valence-corrected chi connectivity index (χ0v) is 11.4. The molecular formula is C15H11F4NO2. The summed E-state index contributed by atoms with van der Waals surface area (Å²) in [5.41, 5.74) is -0.216. The molecule has 7 heteroatoms. The largest absolute Gasteiger partial charge is 0.481 e. The fourth-order valence-corrected chi connectivity index (χ4v) is 1.63. The molecule has 0 aliphatic carbocycles. The summed E-state index contributed by atoms with van der Waals surface area (Å²) in [5, 5.41) is 2.21. The molecule has 2 aromatic rings. The summed E-state index contributed by atoms with van der Waals surface area (Å²) in [7, 11) is 0. The number of carbonyl (C=O) groups is 1. The second kappa shape index (κ2) is 6.46. The summed E-state index contributed by atoms with van der Waals surface area (Å²) >= 11 is 0. The average molecular weight is 313 g/mol. The van der Waals surface area contributed by atoms with Crippen LogP contribution in [-0.2, 0) is 4.79 Å². The number of hydrogen-bond acceptors (Lipinski definition) is 2. The fraction of sp³-hybridized carbons (Fsp3) is 0.133. The van der Waals surface area contributed by atoms with Crippen LogP contribution in [0.4, 0.5) is 23.2 Å². The first-order valence-electron chi connectivity index (χ1n) is 6.24. The van der Waals surface area contributed by atoms with Crippen LogP contribution >= 0.6 is 0 Å². The minimum Gasteiger partial charge on any atom is -0.481 e. The highest BCUT2D eigenvalue weighted by molar-refractivity contribution is 5.94. The van der Waals surface area contributed by atoms with Gasteiger partial charge in [0.25, 0.3) is 5.91 Å². The topological polar surface area (TPSA) is 38.3 Å². The molecule has 1 atom stereocenters. The van der Waals surface area contributed by atoms with E-state index >= 15 is 0 Å². The Bertz CT molecular complexity index is 706. The Morgan fingerprint density at radius 2 is 1.73 bits per heavy atom. The van der Waals surface area contributed by atoms with Crippen molar-refractivity contribution in [3.63, 3.8) is 0 Å². The van der Waals surface area contributed by atoms with Gasteiger partial charge in [-0.1, -0.05) is 0 Å². The molecule has 0 spiro atoms. The predicted octanol–water partition coefficient (Wildman–Crippen LogP) is 3.65. The van der Waals surface area contributed by atoms with E-state index in [0.717, 1.165) is 30.3 Å². The van der Waals surface area contributed by atoms with Crippen molar-refractivity contribution in [1.29, 1.82) is 0 Å². The van der Waals surface area contributed by atoms with Crippen LogP contribution in [0.5, 0.6) is 5.75 Å². The number of rotatable bonds is 4. The van der Waals surface area contributed by atoms with Gasteiger partial charge in [-0.15, -0.1) is 0 Å². The molecule has 0 saturated carbocycles. The maximum Gasteiger partial charge on any atom is 0.265 e. The first kappa shape index (κ1) is 15.8. The summed E-state index contributed by atoms with van der Waals surface area (Å²) in [4.78, 5) is 11.8. The van der Waals surface area contributed by atoms with E-state index in [0.29, 0.717) is 6.07 Å². The molecule has 1 amide bonds. The molecule has 116 valence electrons. The molecule has 3 nitrogen and oxygen atoms in total. The number of nitrogens with one attached hydrogen (secondary N) is 1.